The third-order valence-electron chi connectivity index (χ3n) is 2.23. The molecule has 1 aromatic rings. The van der Waals surface area contributed by atoms with Crippen LogP contribution in [0.25, 0.3) is 0 Å². The van der Waals surface area contributed by atoms with E-state index in [0.717, 1.165) is 37.0 Å². The van der Waals surface area contributed by atoms with Gasteiger partial charge in [0.1, 0.15) is 5.82 Å². The number of aryl methyl sites for hydroxylation is 2. The molecule has 1 saturated heterocycles. The maximum absolute atomic E-state index is 5.58. The minimum atomic E-state index is 0.683. The summed E-state index contributed by atoms with van der Waals surface area (Å²) in [7, 11) is 0. The van der Waals surface area contributed by atoms with Gasteiger partial charge in [0.15, 0.2) is 5.82 Å². The van der Waals surface area contributed by atoms with E-state index < -0.39 is 0 Å². The molecule has 2 heterocycles. The second-order valence-electron chi connectivity index (χ2n) is 3.60. The van der Waals surface area contributed by atoms with Crippen molar-refractivity contribution in [2.24, 2.45) is 0 Å². The van der Waals surface area contributed by atoms with Crippen molar-refractivity contribution in [1.82, 2.24) is 15.3 Å². The summed E-state index contributed by atoms with van der Waals surface area (Å²) in [5.41, 5.74) is 0.971. The zero-order valence-corrected chi connectivity index (χ0v) is 9.16. The van der Waals surface area contributed by atoms with Crippen LogP contribution < -0.4 is 10.4 Å². The fraction of sp³-hybridized carbons (Fsp3) is 0.600. The van der Waals surface area contributed by atoms with Gasteiger partial charge >= 0.3 is 0 Å². The number of nitrogens with one attached hydrogen (secondary N) is 1. The Morgan fingerprint density at radius 2 is 2.20 bits per heavy atom. The summed E-state index contributed by atoms with van der Waals surface area (Å²) in [6.07, 6.45) is 0. The normalized spacial score (nSPS) is 17.6. The third kappa shape index (κ3) is 2.64. The Kier molecular flexibility index (Phi) is 3.13. The van der Waals surface area contributed by atoms with Crippen molar-refractivity contribution in [3.8, 4) is 0 Å². The summed E-state index contributed by atoms with van der Waals surface area (Å²) < 4.78 is 0. The van der Waals surface area contributed by atoms with E-state index in [2.05, 4.69) is 15.3 Å². The Morgan fingerprint density at radius 1 is 1.33 bits per heavy atom. The van der Waals surface area contributed by atoms with Crippen LogP contribution in [0.3, 0.4) is 0 Å². The van der Waals surface area contributed by atoms with Gasteiger partial charge < -0.3 is 5.32 Å². The molecule has 0 amide bonds. The van der Waals surface area contributed by atoms with Gasteiger partial charge in [-0.3, -0.25) is 4.84 Å². The molecule has 5 nitrogen and oxygen atoms in total. The molecular formula is C10H16N4O. The zero-order valence-electron chi connectivity index (χ0n) is 9.16. The fourth-order valence-electron chi connectivity index (χ4n) is 1.60. The lowest BCUT2D eigenvalue weighted by Crippen LogP contribution is -2.27. The van der Waals surface area contributed by atoms with Crippen molar-refractivity contribution in [3.05, 3.63) is 17.6 Å². The van der Waals surface area contributed by atoms with Gasteiger partial charge in [0.05, 0.1) is 13.2 Å². The third-order valence-corrected chi connectivity index (χ3v) is 2.23. The van der Waals surface area contributed by atoms with Crippen LogP contribution in [0.15, 0.2) is 6.07 Å². The van der Waals surface area contributed by atoms with Gasteiger partial charge in [-0.2, -0.15) is 0 Å². The fourth-order valence-corrected chi connectivity index (χ4v) is 1.60. The smallest absolute Gasteiger partial charge is 0.156 e. The van der Waals surface area contributed by atoms with Crippen LogP contribution in [0, 0.1) is 13.8 Å². The van der Waals surface area contributed by atoms with Crippen molar-refractivity contribution >= 4 is 5.82 Å². The molecule has 0 saturated carbocycles. The lowest BCUT2D eigenvalue weighted by molar-refractivity contribution is 0.123. The van der Waals surface area contributed by atoms with E-state index in [9.17, 15) is 0 Å². The van der Waals surface area contributed by atoms with E-state index in [1.165, 1.54) is 0 Å². The second kappa shape index (κ2) is 4.55. The number of hydrogen-bond donors (Lipinski definition) is 1. The number of rotatable bonds is 1. The molecule has 1 fully saturated rings. The van der Waals surface area contributed by atoms with Crippen LogP contribution in [-0.4, -0.2) is 36.2 Å². The van der Waals surface area contributed by atoms with Crippen LogP contribution in [0.2, 0.25) is 0 Å². The molecule has 1 N–H and O–H groups in total. The van der Waals surface area contributed by atoms with E-state index in [4.69, 9.17) is 4.84 Å². The van der Waals surface area contributed by atoms with E-state index in [0.29, 0.717) is 6.61 Å². The summed E-state index contributed by atoms with van der Waals surface area (Å²) in [5.74, 6) is 1.63. The summed E-state index contributed by atoms with van der Waals surface area (Å²) >= 11 is 0. The lowest BCUT2D eigenvalue weighted by atomic mass is 10.4. The highest BCUT2D eigenvalue weighted by molar-refractivity contribution is 5.36. The molecule has 15 heavy (non-hydrogen) atoms. The average molecular weight is 208 g/mol. The summed E-state index contributed by atoms with van der Waals surface area (Å²) in [6, 6.07) is 1.94. The molecule has 1 aliphatic heterocycles. The number of nitrogens with zero attached hydrogens (tertiary/aromatic N) is 3. The number of anilines is 1. The monoisotopic (exact) mass is 208 g/mol. The van der Waals surface area contributed by atoms with E-state index in [-0.39, 0.29) is 0 Å². The molecule has 0 radical (unpaired) electrons. The van der Waals surface area contributed by atoms with Crippen LogP contribution in [0.5, 0.6) is 0 Å². The lowest BCUT2D eigenvalue weighted by Gasteiger charge is -2.20. The topological polar surface area (TPSA) is 50.3 Å². The van der Waals surface area contributed by atoms with Crippen molar-refractivity contribution < 1.29 is 4.84 Å². The Morgan fingerprint density at radius 3 is 3.00 bits per heavy atom. The maximum Gasteiger partial charge on any atom is 0.156 e. The molecule has 2 rings (SSSR count). The van der Waals surface area contributed by atoms with E-state index in [1.54, 1.807) is 0 Å². The Hall–Kier alpha value is -1.20. The quantitative estimate of drug-likeness (QED) is 0.725. The van der Waals surface area contributed by atoms with Gasteiger partial charge in [0.2, 0.25) is 0 Å². The first kappa shape index (κ1) is 10.3. The van der Waals surface area contributed by atoms with Crippen molar-refractivity contribution in [1.29, 1.82) is 0 Å². The molecule has 0 aromatic carbocycles. The van der Waals surface area contributed by atoms with Gasteiger partial charge in [-0.05, 0) is 13.8 Å². The predicted octanol–water partition coefficient (Wildman–Crippen LogP) is 0.435. The number of hydroxylamine groups is 1. The molecular weight excluding hydrogens is 192 g/mol. The van der Waals surface area contributed by atoms with Crippen LogP contribution in [-0.2, 0) is 4.84 Å². The molecule has 0 unspecified atom stereocenters. The van der Waals surface area contributed by atoms with Crippen molar-refractivity contribution in [2.75, 3.05) is 31.3 Å². The van der Waals surface area contributed by atoms with Crippen LogP contribution in [0.1, 0.15) is 11.5 Å². The minimum absolute atomic E-state index is 0.683. The predicted molar refractivity (Wildman–Crippen MR) is 57.7 cm³/mol. The maximum atomic E-state index is 5.58. The van der Waals surface area contributed by atoms with Crippen molar-refractivity contribution in [2.45, 2.75) is 13.8 Å². The average Bonchev–Trinajstić information content (AvgIpc) is 2.43. The second-order valence-corrected chi connectivity index (χ2v) is 3.60. The standard InChI is InChI=1S/C10H16N4O/c1-8-7-10(13-9(2)12-8)14-5-3-11-4-6-15-14/h7,11H,3-6H2,1-2H3. The number of hydrogen-bond acceptors (Lipinski definition) is 5. The molecule has 0 atom stereocenters. The molecule has 0 spiro atoms. The first-order valence-electron chi connectivity index (χ1n) is 5.19. The molecule has 1 aromatic heterocycles. The van der Waals surface area contributed by atoms with Gasteiger partial charge in [-0.1, -0.05) is 0 Å². The molecule has 1 aliphatic rings. The van der Waals surface area contributed by atoms with Gasteiger partial charge in [0, 0.05) is 24.8 Å². The van der Waals surface area contributed by atoms with Gasteiger partial charge in [-0.25, -0.2) is 15.0 Å². The van der Waals surface area contributed by atoms with Crippen LogP contribution in [0.4, 0.5) is 5.82 Å². The highest BCUT2D eigenvalue weighted by atomic mass is 16.7. The molecule has 0 bridgehead atoms. The van der Waals surface area contributed by atoms with Crippen molar-refractivity contribution in [3.63, 3.8) is 0 Å². The first-order valence-corrected chi connectivity index (χ1v) is 5.19. The summed E-state index contributed by atoms with van der Waals surface area (Å²) in [5, 5.41) is 5.10. The highest BCUT2D eigenvalue weighted by Gasteiger charge is 2.12. The Labute approximate surface area is 89.4 Å². The first-order chi connectivity index (χ1) is 7.25. The SMILES string of the molecule is Cc1cc(N2CCNCCO2)nc(C)n1. The van der Waals surface area contributed by atoms with E-state index in [1.807, 2.05) is 25.0 Å². The summed E-state index contributed by atoms with van der Waals surface area (Å²) in [6.45, 7) is 7.17. The Balaban J connectivity index is 2.19. The number of aromatic nitrogens is 2. The van der Waals surface area contributed by atoms with Gasteiger partial charge in [-0.15, -0.1) is 0 Å². The zero-order chi connectivity index (χ0) is 10.7. The minimum Gasteiger partial charge on any atom is -0.312 e. The molecule has 82 valence electrons. The highest BCUT2D eigenvalue weighted by Crippen LogP contribution is 2.12. The van der Waals surface area contributed by atoms with Gasteiger partial charge in [0.25, 0.3) is 0 Å². The summed E-state index contributed by atoms with van der Waals surface area (Å²) in [4.78, 5) is 14.2. The molecule has 0 aliphatic carbocycles. The molecule has 5 heteroatoms. The Bertz CT molecular complexity index is 314. The van der Waals surface area contributed by atoms with Crippen LogP contribution >= 0.6 is 0 Å². The van der Waals surface area contributed by atoms with E-state index >= 15 is 0 Å². The largest absolute Gasteiger partial charge is 0.312 e.